The molecule has 0 radical (unpaired) electrons. The van der Waals surface area contributed by atoms with Crippen molar-refractivity contribution in [3.63, 3.8) is 0 Å². The molecule has 42 heavy (non-hydrogen) atoms. The molecule has 1 fully saturated rings. The summed E-state index contributed by atoms with van der Waals surface area (Å²) in [5, 5.41) is 9.56. The van der Waals surface area contributed by atoms with Crippen LogP contribution in [0.4, 0.5) is 17.1 Å². The third-order valence-electron chi connectivity index (χ3n) is 7.69. The monoisotopic (exact) mass is 620 g/mol. The first-order chi connectivity index (χ1) is 20.5. The largest absolute Gasteiger partial charge is 0.354 e. The van der Waals surface area contributed by atoms with Gasteiger partial charge in [0.15, 0.2) is 0 Å². The van der Waals surface area contributed by atoms with Gasteiger partial charge in [-0.2, -0.15) is 0 Å². The maximum absolute atomic E-state index is 13.4. The number of benzene rings is 4. The summed E-state index contributed by atoms with van der Waals surface area (Å²) in [5.41, 5.74) is 7.35. The standard InChI is InChI=1S/C35H33BrN4O2/c36-27-11-7-8-25(20-27)21-32(41)37-29-16-17-31-30(22-29)33(35(42)39-31)34(26-9-3-1-4-10-26)38-28-14-12-24(13-15-28)23-40-18-5-2-6-19-40/h1,3-4,7-17,20,22,38H,2,5-6,18-19,21,23H2,(H,37,41)(H,39,42). The Hall–Kier alpha value is -4.20. The Kier molecular flexibility index (Phi) is 8.49. The highest BCUT2D eigenvalue weighted by Crippen LogP contribution is 2.39. The fourth-order valence-electron chi connectivity index (χ4n) is 5.63. The Bertz CT molecular complexity index is 1630. The predicted molar refractivity (Wildman–Crippen MR) is 174 cm³/mol. The first kappa shape index (κ1) is 27.9. The van der Waals surface area contributed by atoms with E-state index in [4.69, 9.17) is 0 Å². The predicted octanol–water partition coefficient (Wildman–Crippen LogP) is 7.55. The summed E-state index contributed by atoms with van der Waals surface area (Å²) >= 11 is 3.46. The number of fused-ring (bicyclic) bond motifs is 1. The Morgan fingerprint density at radius 2 is 1.55 bits per heavy atom. The zero-order valence-electron chi connectivity index (χ0n) is 23.3. The average Bonchev–Trinajstić information content (AvgIpc) is 3.32. The normalized spacial score (nSPS) is 16.0. The van der Waals surface area contributed by atoms with Crippen molar-refractivity contribution in [1.82, 2.24) is 4.90 Å². The highest BCUT2D eigenvalue weighted by atomic mass is 79.9. The highest BCUT2D eigenvalue weighted by molar-refractivity contribution is 9.10. The van der Waals surface area contributed by atoms with Crippen LogP contribution in [0, 0.1) is 0 Å². The van der Waals surface area contributed by atoms with Crippen molar-refractivity contribution in [3.05, 3.63) is 124 Å². The lowest BCUT2D eigenvalue weighted by molar-refractivity contribution is -0.115. The van der Waals surface area contributed by atoms with Crippen LogP contribution in [0.2, 0.25) is 0 Å². The molecule has 0 aromatic heterocycles. The lowest BCUT2D eigenvalue weighted by Crippen LogP contribution is -2.29. The van der Waals surface area contributed by atoms with Gasteiger partial charge < -0.3 is 16.0 Å². The van der Waals surface area contributed by atoms with Gasteiger partial charge in [-0.25, -0.2) is 0 Å². The summed E-state index contributed by atoms with van der Waals surface area (Å²) in [5.74, 6) is -0.308. The summed E-state index contributed by atoms with van der Waals surface area (Å²) in [6.07, 6.45) is 4.12. The van der Waals surface area contributed by atoms with Crippen LogP contribution in [0.1, 0.15) is 41.5 Å². The maximum Gasteiger partial charge on any atom is 0.258 e. The number of carbonyl (C=O) groups excluding carboxylic acids is 2. The second-order valence-electron chi connectivity index (χ2n) is 10.8. The van der Waals surface area contributed by atoms with Gasteiger partial charge in [0.05, 0.1) is 17.7 Å². The minimum Gasteiger partial charge on any atom is -0.354 e. The molecule has 6 rings (SSSR count). The molecule has 4 aromatic carbocycles. The first-order valence-corrected chi connectivity index (χ1v) is 15.2. The van der Waals surface area contributed by atoms with Gasteiger partial charge >= 0.3 is 0 Å². The van der Waals surface area contributed by atoms with Gasteiger partial charge in [-0.05, 0) is 85.1 Å². The Labute approximate surface area is 255 Å². The molecule has 0 spiro atoms. The molecule has 0 atom stereocenters. The van der Waals surface area contributed by atoms with E-state index in [2.05, 4.69) is 61.0 Å². The number of nitrogens with one attached hydrogen (secondary N) is 3. The second kappa shape index (κ2) is 12.8. The number of hydrogen-bond acceptors (Lipinski definition) is 4. The van der Waals surface area contributed by atoms with Crippen LogP contribution in [-0.2, 0) is 22.6 Å². The van der Waals surface area contributed by atoms with Crippen LogP contribution in [0.15, 0.2) is 102 Å². The molecule has 0 unspecified atom stereocenters. The number of hydrogen-bond donors (Lipinski definition) is 3. The molecular formula is C35H33BrN4O2. The molecule has 2 amide bonds. The molecule has 2 aliphatic rings. The minimum absolute atomic E-state index is 0.123. The van der Waals surface area contributed by atoms with Crippen molar-refractivity contribution in [2.75, 3.05) is 29.0 Å². The SMILES string of the molecule is O=C(Cc1cccc(Br)c1)Nc1ccc2c(c1)C(=C(Nc1ccc(CN3CCCCC3)cc1)c1ccccc1)C(=O)N2. The van der Waals surface area contributed by atoms with Crippen LogP contribution >= 0.6 is 15.9 Å². The lowest BCUT2D eigenvalue weighted by Gasteiger charge is -2.26. The highest BCUT2D eigenvalue weighted by Gasteiger charge is 2.29. The van der Waals surface area contributed by atoms with E-state index in [1.807, 2.05) is 72.8 Å². The van der Waals surface area contributed by atoms with E-state index in [1.54, 1.807) is 0 Å². The number of piperidine rings is 1. The van der Waals surface area contributed by atoms with E-state index >= 15 is 0 Å². The molecule has 7 heteroatoms. The fourth-order valence-corrected chi connectivity index (χ4v) is 6.07. The fraction of sp³-hybridized carbons (Fsp3) is 0.200. The van der Waals surface area contributed by atoms with Gasteiger partial charge in [0.25, 0.3) is 5.91 Å². The second-order valence-corrected chi connectivity index (χ2v) is 11.8. The molecule has 2 heterocycles. The molecule has 1 saturated heterocycles. The van der Waals surface area contributed by atoms with E-state index in [0.29, 0.717) is 22.6 Å². The van der Waals surface area contributed by atoms with Crippen molar-refractivity contribution in [1.29, 1.82) is 0 Å². The maximum atomic E-state index is 13.4. The number of anilines is 3. The van der Waals surface area contributed by atoms with Gasteiger partial charge in [-0.15, -0.1) is 0 Å². The number of carbonyl (C=O) groups is 2. The Morgan fingerprint density at radius 3 is 2.31 bits per heavy atom. The van der Waals surface area contributed by atoms with Crippen molar-refractivity contribution < 1.29 is 9.59 Å². The summed E-state index contributed by atoms with van der Waals surface area (Å²) in [6, 6.07) is 31.6. The summed E-state index contributed by atoms with van der Waals surface area (Å²) in [4.78, 5) is 28.8. The molecule has 6 nitrogen and oxygen atoms in total. The van der Waals surface area contributed by atoms with Crippen LogP contribution in [0.3, 0.4) is 0 Å². The number of likely N-dealkylation sites (tertiary alicyclic amines) is 1. The zero-order chi connectivity index (χ0) is 28.9. The van der Waals surface area contributed by atoms with Crippen molar-refractivity contribution in [3.8, 4) is 0 Å². The summed E-state index contributed by atoms with van der Waals surface area (Å²) < 4.78 is 0.933. The van der Waals surface area contributed by atoms with Crippen molar-refractivity contribution >= 4 is 56.1 Å². The molecule has 0 saturated carbocycles. The lowest BCUT2D eigenvalue weighted by atomic mass is 9.99. The zero-order valence-corrected chi connectivity index (χ0v) is 24.9. The van der Waals surface area contributed by atoms with E-state index in [0.717, 1.165) is 46.5 Å². The van der Waals surface area contributed by atoms with Gasteiger partial charge in [0.1, 0.15) is 0 Å². The number of nitrogens with zero attached hydrogens (tertiary/aromatic N) is 1. The molecule has 0 bridgehead atoms. The van der Waals surface area contributed by atoms with Gasteiger partial charge in [0, 0.05) is 33.6 Å². The molecule has 3 N–H and O–H groups in total. The third kappa shape index (κ3) is 6.64. The summed E-state index contributed by atoms with van der Waals surface area (Å²) in [7, 11) is 0. The molecule has 212 valence electrons. The van der Waals surface area contributed by atoms with E-state index < -0.39 is 0 Å². The average molecular weight is 622 g/mol. The third-order valence-corrected chi connectivity index (χ3v) is 8.19. The topological polar surface area (TPSA) is 73.5 Å². The van der Waals surface area contributed by atoms with Crippen LogP contribution in [0.25, 0.3) is 11.3 Å². The number of halogens is 1. The number of amides is 2. The van der Waals surface area contributed by atoms with Gasteiger partial charge in [-0.1, -0.05) is 76.9 Å². The van der Waals surface area contributed by atoms with Gasteiger partial charge in [0.2, 0.25) is 5.91 Å². The molecule has 0 aliphatic carbocycles. The number of rotatable bonds is 8. The van der Waals surface area contributed by atoms with Crippen LogP contribution < -0.4 is 16.0 Å². The quantitative estimate of drug-likeness (QED) is 0.178. The minimum atomic E-state index is -0.185. The first-order valence-electron chi connectivity index (χ1n) is 14.4. The van der Waals surface area contributed by atoms with Gasteiger partial charge in [-0.3, -0.25) is 14.5 Å². The Morgan fingerprint density at radius 1 is 0.786 bits per heavy atom. The van der Waals surface area contributed by atoms with Crippen LogP contribution in [0.5, 0.6) is 0 Å². The van der Waals surface area contributed by atoms with E-state index in [1.165, 1.54) is 24.8 Å². The Balaban J connectivity index is 1.28. The van der Waals surface area contributed by atoms with Crippen molar-refractivity contribution in [2.24, 2.45) is 0 Å². The molecule has 2 aliphatic heterocycles. The van der Waals surface area contributed by atoms with Crippen LogP contribution in [-0.4, -0.2) is 29.8 Å². The summed E-state index contributed by atoms with van der Waals surface area (Å²) in [6.45, 7) is 3.27. The van der Waals surface area contributed by atoms with E-state index in [9.17, 15) is 9.59 Å². The van der Waals surface area contributed by atoms with E-state index in [-0.39, 0.29) is 18.2 Å². The smallest absolute Gasteiger partial charge is 0.258 e. The molecule has 4 aromatic rings. The molecular weight excluding hydrogens is 588 g/mol. The van der Waals surface area contributed by atoms with Crippen molar-refractivity contribution in [2.45, 2.75) is 32.2 Å².